The molecule has 2 rings (SSSR count). The zero-order valence-electron chi connectivity index (χ0n) is 6.09. The second kappa shape index (κ2) is 2.55. The van der Waals surface area contributed by atoms with Gasteiger partial charge in [0.2, 0.25) is 0 Å². The normalized spacial score (nSPS) is 11.2. The van der Waals surface area contributed by atoms with Crippen molar-refractivity contribution in [1.82, 2.24) is 9.97 Å². The number of fused-ring (bicyclic) bond motifs is 1. The van der Waals surface area contributed by atoms with Gasteiger partial charge in [-0.15, -0.1) is 0 Å². The molecular weight excluding hydrogens is 162 g/mol. The van der Waals surface area contributed by atoms with Crippen molar-refractivity contribution in [2.45, 2.75) is 6.43 Å². The third-order valence-corrected chi connectivity index (χ3v) is 1.72. The summed E-state index contributed by atoms with van der Waals surface area (Å²) in [5.41, 5.74) is 0.519. The van der Waals surface area contributed by atoms with E-state index >= 15 is 0 Å². The van der Waals surface area contributed by atoms with E-state index in [1.165, 1.54) is 6.20 Å². The number of pyridine rings is 1. The average molecular weight is 168 g/mol. The predicted octanol–water partition coefficient (Wildman–Crippen LogP) is 2.50. The van der Waals surface area contributed by atoms with E-state index in [9.17, 15) is 8.78 Å². The van der Waals surface area contributed by atoms with Crippen LogP contribution in [0.5, 0.6) is 0 Å². The minimum Gasteiger partial charge on any atom is -0.346 e. The Kier molecular flexibility index (Phi) is 1.53. The van der Waals surface area contributed by atoms with Crippen molar-refractivity contribution in [1.29, 1.82) is 0 Å². The Morgan fingerprint density at radius 2 is 2.25 bits per heavy atom. The fourth-order valence-electron chi connectivity index (χ4n) is 1.16. The molecule has 12 heavy (non-hydrogen) atoms. The molecule has 1 N–H and O–H groups in total. The van der Waals surface area contributed by atoms with E-state index in [0.717, 1.165) is 0 Å². The van der Waals surface area contributed by atoms with Gasteiger partial charge in [-0.1, -0.05) is 0 Å². The second-order valence-electron chi connectivity index (χ2n) is 2.44. The maximum atomic E-state index is 12.3. The number of halogens is 2. The highest BCUT2D eigenvalue weighted by Gasteiger charge is 2.12. The molecule has 0 unspecified atom stereocenters. The minimum absolute atomic E-state index is 0.0121. The van der Waals surface area contributed by atoms with E-state index in [4.69, 9.17) is 0 Å². The molecule has 62 valence electrons. The van der Waals surface area contributed by atoms with E-state index in [2.05, 4.69) is 9.97 Å². The molecule has 0 radical (unpaired) electrons. The number of nitrogens with one attached hydrogen (secondary N) is 1. The molecule has 0 aliphatic rings. The number of nitrogens with zero attached hydrogens (tertiary/aromatic N) is 1. The van der Waals surface area contributed by atoms with Crippen molar-refractivity contribution >= 4 is 11.0 Å². The first kappa shape index (κ1) is 7.21. The Balaban J connectivity index is 2.70. The van der Waals surface area contributed by atoms with E-state index in [1.807, 2.05) is 0 Å². The van der Waals surface area contributed by atoms with Crippen molar-refractivity contribution in [2.75, 3.05) is 0 Å². The number of aromatic amines is 1. The highest BCUT2D eigenvalue weighted by atomic mass is 19.3. The monoisotopic (exact) mass is 168 g/mol. The molecule has 2 aromatic rings. The summed E-state index contributed by atoms with van der Waals surface area (Å²) in [6.45, 7) is 0. The lowest BCUT2D eigenvalue weighted by Gasteiger charge is -1.93. The van der Waals surface area contributed by atoms with E-state index < -0.39 is 6.43 Å². The lowest BCUT2D eigenvalue weighted by atomic mass is 10.2. The topological polar surface area (TPSA) is 28.7 Å². The predicted molar refractivity (Wildman–Crippen MR) is 41.1 cm³/mol. The van der Waals surface area contributed by atoms with Crippen LogP contribution in [0.1, 0.15) is 12.0 Å². The van der Waals surface area contributed by atoms with Crippen molar-refractivity contribution < 1.29 is 8.78 Å². The number of rotatable bonds is 1. The van der Waals surface area contributed by atoms with Crippen LogP contribution in [-0.4, -0.2) is 9.97 Å². The number of aromatic nitrogens is 2. The summed E-state index contributed by atoms with van der Waals surface area (Å²) in [5, 5.41) is 0.493. The first-order valence-corrected chi connectivity index (χ1v) is 3.49. The Labute approximate surface area is 67.2 Å². The maximum Gasteiger partial charge on any atom is 0.265 e. The van der Waals surface area contributed by atoms with Crippen LogP contribution in [0.15, 0.2) is 24.5 Å². The Morgan fingerprint density at radius 3 is 3.00 bits per heavy atom. The van der Waals surface area contributed by atoms with Crippen LogP contribution >= 0.6 is 0 Å². The van der Waals surface area contributed by atoms with Crippen molar-refractivity contribution in [3.05, 3.63) is 30.1 Å². The summed E-state index contributed by atoms with van der Waals surface area (Å²) in [6.07, 6.45) is 0.416. The highest BCUT2D eigenvalue weighted by molar-refractivity contribution is 5.79. The van der Waals surface area contributed by atoms with Crippen molar-refractivity contribution in [3.63, 3.8) is 0 Å². The highest BCUT2D eigenvalue weighted by Crippen LogP contribution is 2.25. The molecular formula is C8H6F2N2. The summed E-state index contributed by atoms with van der Waals surface area (Å²) in [6, 6.07) is 3.27. The third-order valence-electron chi connectivity index (χ3n) is 1.72. The van der Waals surface area contributed by atoms with Gasteiger partial charge in [0.05, 0.1) is 0 Å². The zero-order valence-corrected chi connectivity index (χ0v) is 6.09. The lowest BCUT2D eigenvalue weighted by molar-refractivity contribution is 0.153. The summed E-state index contributed by atoms with van der Waals surface area (Å²) >= 11 is 0. The summed E-state index contributed by atoms with van der Waals surface area (Å²) in [5.74, 6) is 0. The molecule has 0 aliphatic carbocycles. The SMILES string of the molecule is FC(F)c1c[nH]c2ncccc12. The smallest absolute Gasteiger partial charge is 0.265 e. The quantitative estimate of drug-likeness (QED) is 0.696. The van der Waals surface area contributed by atoms with Gasteiger partial charge in [-0.3, -0.25) is 0 Å². The Bertz CT molecular complexity index is 395. The minimum atomic E-state index is -2.44. The van der Waals surface area contributed by atoms with E-state index in [0.29, 0.717) is 11.0 Å². The van der Waals surface area contributed by atoms with Crippen LogP contribution in [0.2, 0.25) is 0 Å². The van der Waals surface area contributed by atoms with Gasteiger partial charge in [0.1, 0.15) is 5.65 Å². The average Bonchev–Trinajstić information content (AvgIpc) is 2.47. The van der Waals surface area contributed by atoms with Gasteiger partial charge >= 0.3 is 0 Å². The first-order valence-electron chi connectivity index (χ1n) is 3.49. The second-order valence-corrected chi connectivity index (χ2v) is 2.44. The fraction of sp³-hybridized carbons (Fsp3) is 0.125. The number of alkyl halides is 2. The Morgan fingerprint density at radius 1 is 1.42 bits per heavy atom. The molecule has 0 spiro atoms. The van der Waals surface area contributed by atoms with Gasteiger partial charge in [0.25, 0.3) is 6.43 Å². The molecule has 0 aliphatic heterocycles. The molecule has 0 saturated carbocycles. The van der Waals surface area contributed by atoms with Gasteiger partial charge in [-0.25, -0.2) is 13.8 Å². The molecule has 0 amide bonds. The zero-order chi connectivity index (χ0) is 8.55. The van der Waals surface area contributed by atoms with Gasteiger partial charge in [-0.2, -0.15) is 0 Å². The molecule has 0 bridgehead atoms. The van der Waals surface area contributed by atoms with E-state index in [1.54, 1.807) is 18.3 Å². The van der Waals surface area contributed by atoms with Gasteiger partial charge in [0.15, 0.2) is 0 Å². The fourth-order valence-corrected chi connectivity index (χ4v) is 1.16. The molecule has 4 heteroatoms. The number of H-pyrrole nitrogens is 1. The third kappa shape index (κ3) is 0.958. The van der Waals surface area contributed by atoms with Crippen LogP contribution in [0.4, 0.5) is 8.78 Å². The lowest BCUT2D eigenvalue weighted by Crippen LogP contribution is -1.79. The summed E-state index contributed by atoms with van der Waals surface area (Å²) in [4.78, 5) is 6.57. The molecule has 0 atom stereocenters. The van der Waals surface area contributed by atoms with Gasteiger partial charge < -0.3 is 4.98 Å². The molecule has 0 fully saturated rings. The Hall–Kier alpha value is -1.45. The number of hydrogen-bond acceptors (Lipinski definition) is 1. The van der Waals surface area contributed by atoms with Crippen LogP contribution in [0, 0.1) is 0 Å². The molecule has 2 nitrogen and oxygen atoms in total. The van der Waals surface area contributed by atoms with Crippen molar-refractivity contribution in [3.8, 4) is 0 Å². The molecule has 2 heterocycles. The number of hydrogen-bond donors (Lipinski definition) is 1. The van der Waals surface area contributed by atoms with Gasteiger partial charge in [-0.05, 0) is 12.1 Å². The molecule has 0 aromatic carbocycles. The van der Waals surface area contributed by atoms with Crippen LogP contribution in [-0.2, 0) is 0 Å². The largest absolute Gasteiger partial charge is 0.346 e. The van der Waals surface area contributed by atoms with Crippen molar-refractivity contribution in [2.24, 2.45) is 0 Å². The first-order chi connectivity index (χ1) is 5.79. The van der Waals surface area contributed by atoms with Crippen LogP contribution < -0.4 is 0 Å². The van der Waals surface area contributed by atoms with Crippen LogP contribution in [0.3, 0.4) is 0 Å². The van der Waals surface area contributed by atoms with Gasteiger partial charge in [0, 0.05) is 23.3 Å². The summed E-state index contributed by atoms with van der Waals surface area (Å²) < 4.78 is 24.6. The molecule has 2 aromatic heterocycles. The van der Waals surface area contributed by atoms with Crippen LogP contribution in [0.25, 0.3) is 11.0 Å². The van der Waals surface area contributed by atoms with E-state index in [-0.39, 0.29) is 5.56 Å². The molecule has 0 saturated heterocycles. The standard InChI is InChI=1S/C8H6F2N2/c9-7(10)6-4-12-8-5(6)2-1-3-11-8/h1-4,7H,(H,11,12). The summed E-state index contributed by atoms with van der Waals surface area (Å²) in [7, 11) is 0. The maximum absolute atomic E-state index is 12.3.